The van der Waals surface area contributed by atoms with Crippen LogP contribution in [0.1, 0.15) is 62.6 Å². The van der Waals surface area contributed by atoms with Gasteiger partial charge in [-0.15, -0.1) is 0 Å². The van der Waals surface area contributed by atoms with E-state index in [2.05, 4.69) is 76.2 Å². The van der Waals surface area contributed by atoms with E-state index in [1.807, 2.05) is 48.5 Å². The van der Waals surface area contributed by atoms with E-state index >= 15 is 0 Å². The molecule has 0 saturated heterocycles. The quantitative estimate of drug-likeness (QED) is 0.157. The van der Waals surface area contributed by atoms with E-state index < -0.39 is 6.10 Å². The Labute approximate surface area is 248 Å². The van der Waals surface area contributed by atoms with Crippen LogP contribution in [0.2, 0.25) is 0 Å². The molecular weight excluding hydrogens is 522 g/mol. The number of anilines is 2. The molecule has 1 heterocycles. The Hall–Kier alpha value is -4.07. The first-order chi connectivity index (χ1) is 20.3. The molecule has 0 bridgehead atoms. The maximum atomic E-state index is 12.0. The lowest BCUT2D eigenvalue weighted by atomic mass is 9.96. The lowest BCUT2D eigenvalue weighted by Gasteiger charge is -2.27. The van der Waals surface area contributed by atoms with E-state index in [1.54, 1.807) is 6.33 Å². The standard InChI is InChI=1S/C35H41N5O2/c1-24(2)28-10-7-11-29(20-28)35(18-19-35)38-22-33(42)31(39-25(3)41)17-14-26-12-15-30(16-13-26)40-34-21-32(36-23-37-34)27-8-5-4-6-9-27/h4-13,15-16,20-21,23-24,31,33,38,42H,14,17-19,22H2,1-3H3,(H,39,41)(H,36,37,40)/t31-,33+/m0/s1. The molecule has 5 rings (SSSR count). The predicted molar refractivity (Wildman–Crippen MR) is 169 cm³/mol. The van der Waals surface area contributed by atoms with Crippen molar-refractivity contribution in [2.75, 3.05) is 11.9 Å². The second kappa shape index (κ2) is 13.3. The summed E-state index contributed by atoms with van der Waals surface area (Å²) in [5.74, 6) is 1.06. The molecule has 1 aromatic heterocycles. The minimum absolute atomic E-state index is 0.0823. The number of benzene rings is 3. The second-order valence-corrected chi connectivity index (χ2v) is 11.6. The number of aliphatic hydroxyl groups is 1. The summed E-state index contributed by atoms with van der Waals surface area (Å²) in [6.45, 7) is 6.34. The number of amides is 1. The van der Waals surface area contributed by atoms with Gasteiger partial charge in [-0.3, -0.25) is 4.79 Å². The fourth-order valence-corrected chi connectivity index (χ4v) is 5.37. The van der Waals surface area contributed by atoms with Crippen molar-refractivity contribution in [3.8, 4) is 11.3 Å². The molecule has 4 N–H and O–H groups in total. The normalized spacial score (nSPS) is 15.2. The molecule has 1 fully saturated rings. The average molecular weight is 564 g/mol. The van der Waals surface area contributed by atoms with E-state index in [4.69, 9.17) is 0 Å². The Morgan fingerprint density at radius 1 is 0.952 bits per heavy atom. The number of aromatic nitrogens is 2. The van der Waals surface area contributed by atoms with Gasteiger partial charge < -0.3 is 21.1 Å². The molecular formula is C35H41N5O2. The number of nitrogens with one attached hydrogen (secondary N) is 3. The molecule has 1 amide bonds. The van der Waals surface area contributed by atoms with Crippen molar-refractivity contribution in [2.45, 2.75) is 70.1 Å². The van der Waals surface area contributed by atoms with Crippen molar-refractivity contribution in [3.05, 3.63) is 108 Å². The molecule has 0 aliphatic heterocycles. The summed E-state index contributed by atoms with van der Waals surface area (Å²) in [4.78, 5) is 20.7. The monoisotopic (exact) mass is 563 g/mol. The van der Waals surface area contributed by atoms with Gasteiger partial charge in [-0.1, -0.05) is 80.6 Å². The first kappa shape index (κ1) is 29.4. The van der Waals surface area contributed by atoms with Crippen molar-refractivity contribution in [1.29, 1.82) is 0 Å². The van der Waals surface area contributed by atoms with Crippen LogP contribution in [0.15, 0.2) is 91.3 Å². The number of hydrogen-bond donors (Lipinski definition) is 4. The zero-order valence-corrected chi connectivity index (χ0v) is 24.7. The molecule has 2 atom stereocenters. The third-order valence-corrected chi connectivity index (χ3v) is 8.07. The third kappa shape index (κ3) is 7.60. The van der Waals surface area contributed by atoms with Gasteiger partial charge in [0.15, 0.2) is 0 Å². The van der Waals surface area contributed by atoms with Gasteiger partial charge in [0.2, 0.25) is 5.91 Å². The maximum absolute atomic E-state index is 12.0. The van der Waals surface area contributed by atoms with Crippen LogP contribution in [0, 0.1) is 0 Å². The molecule has 7 nitrogen and oxygen atoms in total. The van der Waals surface area contributed by atoms with E-state index in [-0.39, 0.29) is 17.5 Å². The van der Waals surface area contributed by atoms with Crippen molar-refractivity contribution in [3.63, 3.8) is 0 Å². The fraction of sp³-hybridized carbons (Fsp3) is 0.343. The van der Waals surface area contributed by atoms with Crippen LogP contribution >= 0.6 is 0 Å². The molecule has 0 radical (unpaired) electrons. The Bertz CT molecular complexity index is 1470. The lowest BCUT2D eigenvalue weighted by Crippen LogP contribution is -2.48. The summed E-state index contributed by atoms with van der Waals surface area (Å²) in [6, 6.07) is 28.5. The highest BCUT2D eigenvalue weighted by Gasteiger charge is 2.44. The Kier molecular flexibility index (Phi) is 9.30. The Balaban J connectivity index is 1.16. The van der Waals surface area contributed by atoms with Crippen molar-refractivity contribution in [1.82, 2.24) is 20.6 Å². The van der Waals surface area contributed by atoms with Crippen molar-refractivity contribution < 1.29 is 9.90 Å². The molecule has 218 valence electrons. The minimum atomic E-state index is -0.697. The van der Waals surface area contributed by atoms with E-state index in [9.17, 15) is 9.90 Å². The minimum Gasteiger partial charge on any atom is -0.390 e. The topological polar surface area (TPSA) is 99.2 Å². The molecule has 4 aromatic rings. The number of aliphatic hydroxyl groups excluding tert-OH is 1. The van der Waals surface area contributed by atoms with Crippen LogP contribution in [0.3, 0.4) is 0 Å². The second-order valence-electron chi connectivity index (χ2n) is 11.6. The fourth-order valence-electron chi connectivity index (χ4n) is 5.37. The lowest BCUT2D eigenvalue weighted by molar-refractivity contribution is -0.120. The smallest absolute Gasteiger partial charge is 0.217 e. The van der Waals surface area contributed by atoms with E-state index in [1.165, 1.54) is 18.1 Å². The number of rotatable bonds is 13. The molecule has 1 aliphatic rings. The van der Waals surface area contributed by atoms with Gasteiger partial charge in [0.1, 0.15) is 12.1 Å². The van der Waals surface area contributed by atoms with E-state index in [0.717, 1.165) is 47.6 Å². The van der Waals surface area contributed by atoms with Gasteiger partial charge in [0.05, 0.1) is 17.8 Å². The largest absolute Gasteiger partial charge is 0.390 e. The van der Waals surface area contributed by atoms with Crippen LogP contribution in [0.5, 0.6) is 0 Å². The first-order valence-electron chi connectivity index (χ1n) is 14.9. The molecule has 42 heavy (non-hydrogen) atoms. The maximum Gasteiger partial charge on any atom is 0.217 e. The predicted octanol–water partition coefficient (Wildman–Crippen LogP) is 6.09. The van der Waals surface area contributed by atoms with Gasteiger partial charge in [-0.2, -0.15) is 0 Å². The van der Waals surface area contributed by atoms with Crippen molar-refractivity contribution in [2.24, 2.45) is 0 Å². The number of hydrogen-bond acceptors (Lipinski definition) is 6. The number of nitrogens with zero attached hydrogens (tertiary/aromatic N) is 2. The zero-order valence-electron chi connectivity index (χ0n) is 24.7. The summed E-state index contributed by atoms with van der Waals surface area (Å²) in [7, 11) is 0. The highest BCUT2D eigenvalue weighted by atomic mass is 16.3. The highest BCUT2D eigenvalue weighted by molar-refractivity contribution is 5.73. The van der Waals surface area contributed by atoms with Crippen LogP contribution < -0.4 is 16.0 Å². The van der Waals surface area contributed by atoms with Crippen LogP contribution in [0.25, 0.3) is 11.3 Å². The molecule has 1 aliphatic carbocycles. The highest BCUT2D eigenvalue weighted by Crippen LogP contribution is 2.46. The van der Waals surface area contributed by atoms with Gasteiger partial charge >= 0.3 is 0 Å². The van der Waals surface area contributed by atoms with Crippen LogP contribution in [-0.2, 0) is 16.8 Å². The van der Waals surface area contributed by atoms with E-state index in [0.29, 0.717) is 18.9 Å². The van der Waals surface area contributed by atoms with Gasteiger partial charge in [0, 0.05) is 36.3 Å². The molecule has 0 unspecified atom stereocenters. The zero-order chi connectivity index (χ0) is 29.5. The number of carbonyl (C=O) groups excluding carboxylic acids is 1. The number of aryl methyl sites for hydroxylation is 1. The van der Waals surface area contributed by atoms with Crippen LogP contribution in [0.4, 0.5) is 11.5 Å². The van der Waals surface area contributed by atoms with Gasteiger partial charge in [-0.25, -0.2) is 9.97 Å². The molecule has 1 saturated carbocycles. The van der Waals surface area contributed by atoms with Gasteiger partial charge in [-0.05, 0) is 60.4 Å². The average Bonchev–Trinajstić information content (AvgIpc) is 3.80. The molecule has 7 heteroatoms. The Morgan fingerprint density at radius 3 is 2.40 bits per heavy atom. The first-order valence-corrected chi connectivity index (χ1v) is 14.9. The van der Waals surface area contributed by atoms with Crippen molar-refractivity contribution >= 4 is 17.4 Å². The number of carbonyl (C=O) groups is 1. The summed E-state index contributed by atoms with van der Waals surface area (Å²) in [5, 5.41) is 21.1. The molecule has 3 aromatic carbocycles. The van der Waals surface area contributed by atoms with Crippen LogP contribution in [-0.4, -0.2) is 39.7 Å². The Morgan fingerprint density at radius 2 is 1.71 bits per heavy atom. The summed E-state index contributed by atoms with van der Waals surface area (Å²) in [6.07, 6.45) is 4.34. The van der Waals surface area contributed by atoms with Gasteiger partial charge in [0.25, 0.3) is 0 Å². The summed E-state index contributed by atoms with van der Waals surface area (Å²) >= 11 is 0. The third-order valence-electron chi connectivity index (χ3n) is 8.07. The SMILES string of the molecule is CC(=O)N[C@@H](CCc1ccc(Nc2cc(-c3ccccc3)ncn2)cc1)[C@H](O)CNC1(c2cccc(C(C)C)c2)CC1. The summed E-state index contributed by atoms with van der Waals surface area (Å²) < 4.78 is 0. The summed E-state index contributed by atoms with van der Waals surface area (Å²) in [5.41, 5.74) is 6.48. The molecule has 0 spiro atoms.